The maximum Gasteiger partial charge on any atom is 0.484 e. The highest BCUT2D eigenvalue weighted by Crippen LogP contribution is 2.61. The summed E-state index contributed by atoms with van der Waals surface area (Å²) in [5.41, 5.74) is 0.460. The molecule has 8 nitrogen and oxygen atoms in total. The van der Waals surface area contributed by atoms with Crippen LogP contribution in [-0.4, -0.2) is 34.7 Å². The summed E-state index contributed by atoms with van der Waals surface area (Å²) in [5, 5.41) is 8.44. The summed E-state index contributed by atoms with van der Waals surface area (Å²) in [7, 11) is -9.41. The Morgan fingerprint density at radius 3 is 2.25 bits per heavy atom. The van der Waals surface area contributed by atoms with Crippen LogP contribution in [0, 0.1) is 0 Å². The molecule has 16 heavy (non-hydrogen) atoms. The summed E-state index contributed by atoms with van der Waals surface area (Å²) in [4.78, 5) is 17.0. The average Bonchev–Trinajstić information content (AvgIpc) is 2.09. The van der Waals surface area contributed by atoms with E-state index in [1.54, 1.807) is 6.92 Å². The summed E-state index contributed by atoms with van der Waals surface area (Å²) in [5.74, 6) is 0. The third-order valence-corrected chi connectivity index (χ3v) is 3.61. The van der Waals surface area contributed by atoms with Crippen molar-refractivity contribution >= 4 is 15.6 Å². The number of hydrogen-bond donors (Lipinski definition) is 3. The zero-order chi connectivity index (χ0) is 12.8. The molecule has 10 heteroatoms. The van der Waals surface area contributed by atoms with E-state index in [0.29, 0.717) is 5.57 Å². The Morgan fingerprint density at radius 1 is 1.31 bits per heavy atom. The van der Waals surface area contributed by atoms with Crippen LogP contribution in [0.5, 0.6) is 0 Å². The number of hydrogen-bond acceptors (Lipinski definition) is 6. The van der Waals surface area contributed by atoms with Crippen LogP contribution in [-0.2, 0) is 22.5 Å². The Labute approximate surface area is 92.7 Å². The lowest BCUT2D eigenvalue weighted by molar-refractivity contribution is 0.123. The van der Waals surface area contributed by atoms with Gasteiger partial charge in [0.2, 0.25) is 0 Å². The molecule has 0 heterocycles. The fraction of sp³-hybridized carbons (Fsp3) is 0.667. The van der Waals surface area contributed by atoms with Crippen LogP contribution < -0.4 is 0 Å². The predicted octanol–water partition coefficient (Wildman–Crippen LogP) is 0.805. The minimum absolute atomic E-state index is 0.247. The summed E-state index contributed by atoms with van der Waals surface area (Å²) in [6.45, 7) is 3.80. The molecular weight excluding hydrogens is 262 g/mol. The van der Waals surface area contributed by atoms with Gasteiger partial charge in [0, 0.05) is 0 Å². The van der Waals surface area contributed by atoms with Gasteiger partial charge >= 0.3 is 15.6 Å². The van der Waals surface area contributed by atoms with Gasteiger partial charge in [-0.1, -0.05) is 12.2 Å². The van der Waals surface area contributed by atoms with Gasteiger partial charge < -0.3 is 14.9 Å². The van der Waals surface area contributed by atoms with Crippen LogP contribution in [0.25, 0.3) is 0 Å². The first-order valence-corrected chi connectivity index (χ1v) is 7.09. The molecule has 1 unspecified atom stereocenters. The minimum Gasteiger partial charge on any atom is -0.394 e. The number of phosphoric acid groups is 2. The van der Waals surface area contributed by atoms with Gasteiger partial charge in [0.15, 0.2) is 0 Å². The summed E-state index contributed by atoms with van der Waals surface area (Å²) >= 11 is 0. The highest BCUT2D eigenvalue weighted by molar-refractivity contribution is 7.61. The SMILES string of the molecule is C=C(C)COP(=O)(OCCO)OP(=O)(O)O. The van der Waals surface area contributed by atoms with Gasteiger partial charge in [-0.25, -0.2) is 9.13 Å². The molecule has 96 valence electrons. The van der Waals surface area contributed by atoms with E-state index in [0.717, 1.165) is 0 Å². The molecule has 0 rings (SSSR count). The lowest BCUT2D eigenvalue weighted by Crippen LogP contribution is -2.04. The fourth-order valence-electron chi connectivity index (χ4n) is 0.557. The third-order valence-electron chi connectivity index (χ3n) is 1.02. The van der Waals surface area contributed by atoms with Gasteiger partial charge in [0.05, 0.1) is 19.8 Å². The Balaban J connectivity index is 4.54. The predicted molar refractivity (Wildman–Crippen MR) is 54.5 cm³/mol. The van der Waals surface area contributed by atoms with Crippen molar-refractivity contribution in [2.24, 2.45) is 0 Å². The molecule has 0 saturated heterocycles. The normalized spacial score (nSPS) is 15.8. The van der Waals surface area contributed by atoms with Crippen LogP contribution >= 0.6 is 15.6 Å². The smallest absolute Gasteiger partial charge is 0.394 e. The van der Waals surface area contributed by atoms with E-state index in [2.05, 4.69) is 19.9 Å². The Kier molecular flexibility index (Phi) is 6.62. The van der Waals surface area contributed by atoms with Crippen LogP contribution in [0.15, 0.2) is 12.2 Å². The van der Waals surface area contributed by atoms with Crippen molar-refractivity contribution in [2.45, 2.75) is 6.92 Å². The van der Waals surface area contributed by atoms with Crippen molar-refractivity contribution in [1.82, 2.24) is 0 Å². The largest absolute Gasteiger partial charge is 0.484 e. The number of rotatable bonds is 8. The van der Waals surface area contributed by atoms with E-state index in [1.807, 2.05) is 0 Å². The average molecular weight is 276 g/mol. The van der Waals surface area contributed by atoms with Crippen molar-refractivity contribution in [1.29, 1.82) is 0 Å². The van der Waals surface area contributed by atoms with E-state index in [9.17, 15) is 9.13 Å². The molecule has 0 aliphatic carbocycles. The van der Waals surface area contributed by atoms with Crippen molar-refractivity contribution < 1.29 is 37.4 Å². The Morgan fingerprint density at radius 2 is 1.88 bits per heavy atom. The summed E-state index contributed by atoms with van der Waals surface area (Å²) in [6.07, 6.45) is 0. The number of aliphatic hydroxyl groups excluding tert-OH is 1. The molecule has 0 saturated carbocycles. The van der Waals surface area contributed by atoms with Crippen LogP contribution in [0.4, 0.5) is 0 Å². The molecule has 1 atom stereocenters. The molecule has 0 aliphatic rings. The highest BCUT2D eigenvalue weighted by atomic mass is 31.3. The zero-order valence-corrected chi connectivity index (χ0v) is 10.4. The van der Waals surface area contributed by atoms with Gasteiger partial charge in [0.1, 0.15) is 0 Å². The van der Waals surface area contributed by atoms with Crippen LogP contribution in [0.3, 0.4) is 0 Å². The quantitative estimate of drug-likeness (QED) is 0.439. The molecule has 0 aromatic heterocycles. The molecule has 0 aliphatic heterocycles. The van der Waals surface area contributed by atoms with E-state index in [-0.39, 0.29) is 6.61 Å². The second kappa shape index (κ2) is 6.64. The third kappa shape index (κ3) is 8.15. The lowest BCUT2D eigenvalue weighted by Gasteiger charge is -2.17. The van der Waals surface area contributed by atoms with E-state index >= 15 is 0 Å². The topological polar surface area (TPSA) is 123 Å². The van der Waals surface area contributed by atoms with Gasteiger partial charge in [-0.3, -0.25) is 9.05 Å². The van der Waals surface area contributed by atoms with Gasteiger partial charge in [-0.05, 0) is 6.92 Å². The molecule has 0 aromatic carbocycles. The maximum absolute atomic E-state index is 11.6. The molecule has 0 amide bonds. The number of aliphatic hydroxyl groups is 1. The molecule has 0 fully saturated rings. The Hall–Kier alpha value is -0.0400. The van der Waals surface area contributed by atoms with E-state index in [1.165, 1.54) is 0 Å². The van der Waals surface area contributed by atoms with Crippen LogP contribution in [0.1, 0.15) is 6.92 Å². The van der Waals surface area contributed by atoms with Gasteiger partial charge in [0.25, 0.3) is 0 Å². The van der Waals surface area contributed by atoms with Crippen molar-refractivity contribution in [3.63, 3.8) is 0 Å². The monoisotopic (exact) mass is 276 g/mol. The molecule has 0 aromatic rings. The Bertz CT molecular complexity index is 320. The highest BCUT2D eigenvalue weighted by Gasteiger charge is 2.35. The summed E-state index contributed by atoms with van der Waals surface area (Å²) in [6, 6.07) is 0. The molecular formula is C6H14O8P2. The van der Waals surface area contributed by atoms with E-state index in [4.69, 9.17) is 14.9 Å². The zero-order valence-electron chi connectivity index (χ0n) is 8.61. The van der Waals surface area contributed by atoms with Crippen LogP contribution in [0.2, 0.25) is 0 Å². The van der Waals surface area contributed by atoms with E-state index < -0.39 is 28.9 Å². The molecule has 0 bridgehead atoms. The second-order valence-corrected chi connectivity index (χ2v) is 5.85. The molecule has 3 N–H and O–H groups in total. The second-order valence-electron chi connectivity index (χ2n) is 2.81. The summed E-state index contributed by atoms with van der Waals surface area (Å²) < 4.78 is 35.0. The first-order chi connectivity index (χ1) is 7.18. The van der Waals surface area contributed by atoms with Gasteiger partial charge in [-0.2, -0.15) is 4.31 Å². The fourth-order valence-corrected chi connectivity index (χ4v) is 2.73. The molecule has 0 radical (unpaired) electrons. The lowest BCUT2D eigenvalue weighted by atomic mass is 10.4. The van der Waals surface area contributed by atoms with Gasteiger partial charge in [-0.15, -0.1) is 0 Å². The van der Waals surface area contributed by atoms with Crippen molar-refractivity contribution in [3.8, 4) is 0 Å². The van der Waals surface area contributed by atoms with Crippen molar-refractivity contribution in [3.05, 3.63) is 12.2 Å². The maximum atomic E-state index is 11.6. The molecule has 0 spiro atoms. The van der Waals surface area contributed by atoms with Crippen molar-refractivity contribution in [2.75, 3.05) is 19.8 Å². The first kappa shape index (κ1) is 16.0. The standard InChI is InChI=1S/C6H14O8P2/c1-6(2)5-13-16(11,12-4-3-7)14-15(8,9)10/h7H,1,3-5H2,2H3,(H2,8,9,10). The first-order valence-electron chi connectivity index (χ1n) is 4.10. The minimum atomic E-state index is -5.01. The number of phosphoric ester groups is 1.